The minimum absolute atomic E-state index is 0.0994. The summed E-state index contributed by atoms with van der Waals surface area (Å²) in [7, 11) is 0. The summed E-state index contributed by atoms with van der Waals surface area (Å²) < 4.78 is 0. The number of amides is 1. The lowest BCUT2D eigenvalue weighted by Gasteiger charge is -2.19. The lowest BCUT2D eigenvalue weighted by Crippen LogP contribution is -2.29. The third-order valence-electron chi connectivity index (χ3n) is 4.59. The van der Waals surface area contributed by atoms with Gasteiger partial charge in [-0.3, -0.25) is 9.89 Å². The maximum atomic E-state index is 12.8. The van der Waals surface area contributed by atoms with Gasteiger partial charge >= 0.3 is 0 Å². The zero-order chi connectivity index (χ0) is 17.8. The average Bonchev–Trinajstić information content (AvgIpc) is 3.18. The van der Waals surface area contributed by atoms with Gasteiger partial charge in [-0.15, -0.1) is 0 Å². The fourth-order valence-electron chi connectivity index (χ4n) is 3.25. The molecular weight excluding hydrogens is 322 g/mol. The summed E-state index contributed by atoms with van der Waals surface area (Å²) in [5.41, 5.74) is 3.73. The number of rotatable bonds is 5. The van der Waals surface area contributed by atoms with Crippen molar-refractivity contribution in [2.24, 2.45) is 0 Å². The molecule has 1 heterocycles. The molecule has 4 nitrogen and oxygen atoms in total. The second kappa shape index (κ2) is 7.23. The van der Waals surface area contributed by atoms with Crippen LogP contribution in [0.4, 0.5) is 0 Å². The highest BCUT2D eigenvalue weighted by Gasteiger charge is 2.17. The SMILES string of the molecule is O=C(NCC(c1ccccc1)c1ccccc1)c1cccc2cn[nH]c12. The maximum Gasteiger partial charge on any atom is 0.253 e. The van der Waals surface area contributed by atoms with Crippen molar-refractivity contribution >= 4 is 16.8 Å². The Hall–Kier alpha value is -3.40. The van der Waals surface area contributed by atoms with E-state index >= 15 is 0 Å². The van der Waals surface area contributed by atoms with Gasteiger partial charge in [0.1, 0.15) is 0 Å². The number of hydrogen-bond donors (Lipinski definition) is 2. The van der Waals surface area contributed by atoms with Crippen molar-refractivity contribution in [3.05, 3.63) is 102 Å². The van der Waals surface area contributed by atoms with Crippen molar-refractivity contribution in [3.63, 3.8) is 0 Å². The highest BCUT2D eigenvalue weighted by Crippen LogP contribution is 2.24. The van der Waals surface area contributed by atoms with Crippen molar-refractivity contribution in [1.29, 1.82) is 0 Å². The molecule has 4 heteroatoms. The zero-order valence-corrected chi connectivity index (χ0v) is 14.2. The van der Waals surface area contributed by atoms with E-state index in [1.54, 1.807) is 6.20 Å². The third kappa shape index (κ3) is 3.22. The van der Waals surface area contributed by atoms with Crippen LogP contribution in [0, 0.1) is 0 Å². The smallest absolute Gasteiger partial charge is 0.253 e. The second-order valence-electron chi connectivity index (χ2n) is 6.22. The van der Waals surface area contributed by atoms with Crippen LogP contribution >= 0.6 is 0 Å². The molecule has 26 heavy (non-hydrogen) atoms. The standard InChI is InChI=1S/C22H19N3O/c26-22(19-13-7-12-18-14-24-25-21(18)19)23-15-20(16-8-3-1-4-9-16)17-10-5-2-6-11-17/h1-14,20H,15H2,(H,23,26)(H,24,25). The van der Waals surface area contributed by atoms with Crippen LogP contribution in [-0.2, 0) is 0 Å². The number of aromatic amines is 1. The van der Waals surface area contributed by atoms with Gasteiger partial charge in [-0.05, 0) is 17.2 Å². The van der Waals surface area contributed by atoms with Crippen LogP contribution in [0.15, 0.2) is 85.1 Å². The lowest BCUT2D eigenvalue weighted by atomic mass is 9.91. The van der Waals surface area contributed by atoms with Crippen molar-refractivity contribution in [3.8, 4) is 0 Å². The molecule has 0 radical (unpaired) electrons. The third-order valence-corrected chi connectivity index (χ3v) is 4.59. The molecule has 0 spiro atoms. The number of para-hydroxylation sites is 1. The summed E-state index contributed by atoms with van der Waals surface area (Å²) in [6, 6.07) is 26.1. The van der Waals surface area contributed by atoms with Gasteiger partial charge in [0.25, 0.3) is 5.91 Å². The number of carbonyl (C=O) groups excluding carboxylic acids is 1. The molecule has 1 aromatic heterocycles. The fourth-order valence-corrected chi connectivity index (χ4v) is 3.25. The molecule has 0 unspecified atom stereocenters. The molecule has 0 bridgehead atoms. The Kier molecular flexibility index (Phi) is 4.48. The topological polar surface area (TPSA) is 57.8 Å². The van der Waals surface area contributed by atoms with E-state index in [0.717, 1.165) is 10.9 Å². The number of carbonyl (C=O) groups is 1. The Morgan fingerprint density at radius 2 is 1.54 bits per heavy atom. The highest BCUT2D eigenvalue weighted by atomic mass is 16.1. The van der Waals surface area contributed by atoms with E-state index in [1.165, 1.54) is 11.1 Å². The lowest BCUT2D eigenvalue weighted by molar-refractivity contribution is 0.0954. The van der Waals surface area contributed by atoms with Gasteiger partial charge < -0.3 is 5.32 Å². The summed E-state index contributed by atoms with van der Waals surface area (Å²) in [6.07, 6.45) is 1.73. The molecule has 1 amide bonds. The Bertz CT molecular complexity index is 970. The van der Waals surface area contributed by atoms with Crippen LogP contribution in [0.3, 0.4) is 0 Å². The second-order valence-corrected chi connectivity index (χ2v) is 6.22. The van der Waals surface area contributed by atoms with Gasteiger partial charge in [0, 0.05) is 17.8 Å². The molecule has 128 valence electrons. The molecule has 0 aliphatic rings. The monoisotopic (exact) mass is 341 g/mol. The van der Waals surface area contributed by atoms with Crippen LogP contribution in [-0.4, -0.2) is 22.6 Å². The van der Waals surface area contributed by atoms with E-state index in [1.807, 2.05) is 54.6 Å². The number of fused-ring (bicyclic) bond motifs is 1. The fraction of sp³-hybridized carbons (Fsp3) is 0.0909. The van der Waals surface area contributed by atoms with Crippen molar-refractivity contribution < 1.29 is 4.79 Å². The molecule has 4 rings (SSSR count). The Morgan fingerprint density at radius 1 is 0.885 bits per heavy atom. The molecule has 0 saturated carbocycles. The van der Waals surface area contributed by atoms with E-state index in [-0.39, 0.29) is 11.8 Å². The summed E-state index contributed by atoms with van der Waals surface area (Å²) in [5.74, 6) is -0.000896. The number of benzene rings is 3. The van der Waals surface area contributed by atoms with Gasteiger partial charge in [0.05, 0.1) is 17.3 Å². The Morgan fingerprint density at radius 3 is 2.19 bits per heavy atom. The molecular formula is C22H19N3O. The molecule has 0 saturated heterocycles. The van der Waals surface area contributed by atoms with Gasteiger partial charge in [0.2, 0.25) is 0 Å². The summed E-state index contributed by atoms with van der Waals surface area (Å²) in [5, 5.41) is 11.0. The largest absolute Gasteiger partial charge is 0.351 e. The van der Waals surface area contributed by atoms with E-state index < -0.39 is 0 Å². The molecule has 0 aliphatic heterocycles. The Labute approximate surface area is 151 Å². The normalized spacial score (nSPS) is 11.0. The van der Waals surface area contributed by atoms with Gasteiger partial charge in [-0.25, -0.2) is 0 Å². The predicted molar refractivity (Wildman–Crippen MR) is 103 cm³/mol. The number of nitrogens with one attached hydrogen (secondary N) is 2. The first kappa shape index (κ1) is 16.1. The first-order chi connectivity index (χ1) is 12.8. The summed E-state index contributed by atoms with van der Waals surface area (Å²) in [6.45, 7) is 0.525. The number of nitrogens with zero attached hydrogens (tertiary/aromatic N) is 1. The molecule has 0 atom stereocenters. The van der Waals surface area contributed by atoms with Gasteiger partial charge in [-0.1, -0.05) is 72.8 Å². The first-order valence-corrected chi connectivity index (χ1v) is 8.63. The van der Waals surface area contributed by atoms with Gasteiger partial charge in [0.15, 0.2) is 0 Å². The number of aromatic nitrogens is 2. The summed E-state index contributed by atoms with van der Waals surface area (Å²) >= 11 is 0. The van der Waals surface area contributed by atoms with E-state index in [4.69, 9.17) is 0 Å². The van der Waals surface area contributed by atoms with Gasteiger partial charge in [-0.2, -0.15) is 5.10 Å². The maximum absolute atomic E-state index is 12.8. The first-order valence-electron chi connectivity index (χ1n) is 8.63. The molecule has 4 aromatic rings. The minimum Gasteiger partial charge on any atom is -0.351 e. The zero-order valence-electron chi connectivity index (χ0n) is 14.2. The van der Waals surface area contributed by atoms with Crippen LogP contribution in [0.1, 0.15) is 27.4 Å². The average molecular weight is 341 g/mol. The van der Waals surface area contributed by atoms with E-state index in [2.05, 4.69) is 39.8 Å². The summed E-state index contributed by atoms with van der Waals surface area (Å²) in [4.78, 5) is 12.8. The van der Waals surface area contributed by atoms with Crippen LogP contribution in [0.2, 0.25) is 0 Å². The molecule has 3 aromatic carbocycles. The van der Waals surface area contributed by atoms with Crippen LogP contribution in [0.5, 0.6) is 0 Å². The predicted octanol–water partition coefficient (Wildman–Crippen LogP) is 4.12. The Balaban J connectivity index is 1.59. The van der Waals surface area contributed by atoms with Crippen molar-refractivity contribution in [2.75, 3.05) is 6.54 Å². The minimum atomic E-state index is -0.100. The van der Waals surface area contributed by atoms with Crippen LogP contribution < -0.4 is 5.32 Å². The highest BCUT2D eigenvalue weighted by molar-refractivity contribution is 6.05. The molecule has 0 aliphatic carbocycles. The molecule has 2 N–H and O–H groups in total. The van der Waals surface area contributed by atoms with Crippen molar-refractivity contribution in [1.82, 2.24) is 15.5 Å². The number of hydrogen-bond acceptors (Lipinski definition) is 2. The van der Waals surface area contributed by atoms with Crippen LogP contribution in [0.25, 0.3) is 10.9 Å². The van der Waals surface area contributed by atoms with E-state index in [0.29, 0.717) is 12.1 Å². The molecule has 0 fully saturated rings. The van der Waals surface area contributed by atoms with E-state index in [9.17, 15) is 4.79 Å². The number of H-pyrrole nitrogens is 1. The quantitative estimate of drug-likeness (QED) is 0.573. The van der Waals surface area contributed by atoms with Crippen molar-refractivity contribution in [2.45, 2.75) is 5.92 Å².